The summed E-state index contributed by atoms with van der Waals surface area (Å²) in [7, 11) is 0. The lowest BCUT2D eigenvalue weighted by molar-refractivity contribution is -0.136. The van der Waals surface area contributed by atoms with Crippen molar-refractivity contribution in [2.45, 2.75) is 6.42 Å². The average Bonchev–Trinajstić information content (AvgIpc) is 2.70. The van der Waals surface area contributed by atoms with E-state index in [0.29, 0.717) is 15.8 Å². The van der Waals surface area contributed by atoms with E-state index in [1.807, 2.05) is 12.1 Å². The number of hydrogen-bond donors (Lipinski definition) is 2. The van der Waals surface area contributed by atoms with Gasteiger partial charge < -0.3 is 10.4 Å². The van der Waals surface area contributed by atoms with Crippen LogP contribution in [-0.2, 0) is 11.2 Å². The molecule has 0 radical (unpaired) electrons. The highest BCUT2D eigenvalue weighted by Crippen LogP contribution is 2.28. The summed E-state index contributed by atoms with van der Waals surface area (Å²) in [4.78, 5) is 14.7. The van der Waals surface area contributed by atoms with Gasteiger partial charge in [0.15, 0.2) is 5.13 Å². The van der Waals surface area contributed by atoms with Crippen LogP contribution >= 0.6 is 38.9 Å². The fraction of sp³-hybridized carbons (Fsp3) is 0.0909. The third kappa shape index (κ3) is 3.44. The molecule has 2 aromatic rings. The number of nitrogens with one attached hydrogen (secondary N) is 1. The first kappa shape index (κ1) is 13.3. The number of aromatic nitrogens is 1. The monoisotopic (exact) mass is 346 g/mol. The Balaban J connectivity index is 2.11. The minimum Gasteiger partial charge on any atom is -0.481 e. The Morgan fingerprint density at radius 3 is 3.00 bits per heavy atom. The van der Waals surface area contributed by atoms with E-state index < -0.39 is 5.97 Å². The summed E-state index contributed by atoms with van der Waals surface area (Å²) in [6.45, 7) is 0. The van der Waals surface area contributed by atoms with Gasteiger partial charge in [0.25, 0.3) is 0 Å². The molecule has 0 saturated carbocycles. The molecule has 0 amide bonds. The van der Waals surface area contributed by atoms with E-state index in [0.717, 1.165) is 10.2 Å². The van der Waals surface area contributed by atoms with Crippen molar-refractivity contribution in [1.82, 2.24) is 4.98 Å². The van der Waals surface area contributed by atoms with Crippen LogP contribution in [0.5, 0.6) is 0 Å². The molecule has 0 aliphatic carbocycles. The van der Waals surface area contributed by atoms with E-state index >= 15 is 0 Å². The lowest BCUT2D eigenvalue weighted by atomic mass is 10.3. The molecule has 0 aliphatic heterocycles. The molecule has 0 aliphatic rings. The van der Waals surface area contributed by atoms with Gasteiger partial charge in [0.2, 0.25) is 0 Å². The molecule has 2 rings (SSSR count). The normalized spacial score (nSPS) is 10.3. The van der Waals surface area contributed by atoms with Gasteiger partial charge in [-0.3, -0.25) is 4.79 Å². The molecule has 0 atom stereocenters. The largest absolute Gasteiger partial charge is 0.481 e. The van der Waals surface area contributed by atoms with Gasteiger partial charge in [0.1, 0.15) is 0 Å². The zero-order valence-electron chi connectivity index (χ0n) is 8.98. The molecular formula is C11H8BrClN2O2S. The highest BCUT2D eigenvalue weighted by atomic mass is 79.9. The maximum atomic E-state index is 10.5. The topological polar surface area (TPSA) is 62.2 Å². The number of nitrogens with zero attached hydrogens (tertiary/aromatic N) is 1. The maximum Gasteiger partial charge on any atom is 0.309 e. The molecule has 0 spiro atoms. The summed E-state index contributed by atoms with van der Waals surface area (Å²) in [5.41, 5.74) is 1.38. The molecule has 94 valence electrons. The molecule has 18 heavy (non-hydrogen) atoms. The van der Waals surface area contributed by atoms with Crippen LogP contribution in [0, 0.1) is 0 Å². The van der Waals surface area contributed by atoms with Crippen molar-refractivity contribution in [3.63, 3.8) is 0 Å². The lowest BCUT2D eigenvalue weighted by Gasteiger charge is -2.03. The number of carboxylic acid groups (broad SMARTS) is 1. The second-order valence-electron chi connectivity index (χ2n) is 3.47. The average molecular weight is 348 g/mol. The first-order chi connectivity index (χ1) is 8.54. The second kappa shape index (κ2) is 5.69. The first-order valence-corrected chi connectivity index (χ1v) is 6.98. The predicted octanol–water partition coefficient (Wildman–Crippen LogP) is 3.93. The number of aliphatic carboxylic acids is 1. The van der Waals surface area contributed by atoms with Gasteiger partial charge in [0, 0.05) is 15.5 Å². The molecule has 2 N–H and O–H groups in total. The van der Waals surface area contributed by atoms with Gasteiger partial charge >= 0.3 is 5.97 Å². The summed E-state index contributed by atoms with van der Waals surface area (Å²) < 4.78 is 0.788. The Labute approximate surface area is 121 Å². The van der Waals surface area contributed by atoms with Crippen LogP contribution < -0.4 is 5.32 Å². The molecule has 1 heterocycles. The van der Waals surface area contributed by atoms with E-state index in [1.165, 1.54) is 11.3 Å². The molecule has 1 aromatic carbocycles. The Bertz CT molecular complexity index is 588. The standard InChI is InChI=1S/C11H8BrClN2O2S/c12-8-3-6(1-2-9(8)13)14-11-15-7(5-18-11)4-10(16)17/h1-3,5H,4H2,(H,14,15)(H,16,17). The summed E-state index contributed by atoms with van der Waals surface area (Å²) in [5, 5.41) is 14.8. The number of carboxylic acids is 1. The van der Waals surface area contributed by atoms with Crippen LogP contribution in [0.25, 0.3) is 0 Å². The SMILES string of the molecule is O=C(O)Cc1csc(Nc2ccc(Cl)c(Br)c2)n1. The number of carbonyl (C=O) groups is 1. The van der Waals surface area contributed by atoms with Crippen LogP contribution in [0.4, 0.5) is 10.8 Å². The van der Waals surface area contributed by atoms with E-state index in [1.54, 1.807) is 11.4 Å². The van der Waals surface area contributed by atoms with Crippen molar-refractivity contribution in [1.29, 1.82) is 0 Å². The van der Waals surface area contributed by atoms with Crippen LogP contribution in [0.15, 0.2) is 28.1 Å². The van der Waals surface area contributed by atoms with Gasteiger partial charge in [-0.05, 0) is 34.1 Å². The van der Waals surface area contributed by atoms with Crippen LogP contribution in [0.1, 0.15) is 5.69 Å². The van der Waals surface area contributed by atoms with Gasteiger partial charge in [0.05, 0.1) is 17.1 Å². The Kier molecular flexibility index (Phi) is 4.21. The number of hydrogen-bond acceptors (Lipinski definition) is 4. The molecule has 7 heteroatoms. The Hall–Kier alpha value is -1.11. The van der Waals surface area contributed by atoms with Crippen molar-refractivity contribution in [3.05, 3.63) is 38.8 Å². The molecule has 1 aromatic heterocycles. The van der Waals surface area contributed by atoms with Crippen LogP contribution in [-0.4, -0.2) is 16.1 Å². The lowest BCUT2D eigenvalue weighted by Crippen LogP contribution is -2.00. The number of thiazole rings is 1. The molecule has 0 bridgehead atoms. The molecule has 4 nitrogen and oxygen atoms in total. The minimum absolute atomic E-state index is 0.0670. The second-order valence-corrected chi connectivity index (χ2v) is 5.59. The van der Waals surface area contributed by atoms with Gasteiger partial charge in [-0.15, -0.1) is 11.3 Å². The maximum absolute atomic E-state index is 10.5. The molecular weight excluding hydrogens is 340 g/mol. The van der Waals surface area contributed by atoms with Crippen molar-refractivity contribution >= 4 is 55.7 Å². The highest BCUT2D eigenvalue weighted by Gasteiger charge is 2.07. The smallest absolute Gasteiger partial charge is 0.309 e. The van der Waals surface area contributed by atoms with E-state index in [4.69, 9.17) is 16.7 Å². The van der Waals surface area contributed by atoms with E-state index in [2.05, 4.69) is 26.2 Å². The van der Waals surface area contributed by atoms with Crippen LogP contribution in [0.2, 0.25) is 5.02 Å². The highest BCUT2D eigenvalue weighted by molar-refractivity contribution is 9.10. The predicted molar refractivity (Wildman–Crippen MR) is 75.9 cm³/mol. The quantitative estimate of drug-likeness (QED) is 0.879. The fourth-order valence-electron chi connectivity index (χ4n) is 1.30. The zero-order valence-corrected chi connectivity index (χ0v) is 12.1. The Morgan fingerprint density at radius 2 is 2.33 bits per heavy atom. The number of anilines is 2. The third-order valence-electron chi connectivity index (χ3n) is 2.05. The molecule has 0 saturated heterocycles. The Morgan fingerprint density at radius 1 is 1.56 bits per heavy atom. The summed E-state index contributed by atoms with van der Waals surface area (Å²) >= 11 is 10.6. The van der Waals surface area contributed by atoms with Crippen molar-refractivity contribution < 1.29 is 9.90 Å². The zero-order chi connectivity index (χ0) is 13.1. The summed E-state index contributed by atoms with van der Waals surface area (Å²) in [5.74, 6) is -0.888. The third-order valence-corrected chi connectivity index (χ3v) is 4.08. The van der Waals surface area contributed by atoms with Crippen molar-refractivity contribution in [2.24, 2.45) is 0 Å². The number of rotatable bonds is 4. The number of benzene rings is 1. The van der Waals surface area contributed by atoms with Gasteiger partial charge in [-0.2, -0.15) is 0 Å². The van der Waals surface area contributed by atoms with E-state index in [-0.39, 0.29) is 6.42 Å². The van der Waals surface area contributed by atoms with Crippen molar-refractivity contribution in [3.8, 4) is 0 Å². The van der Waals surface area contributed by atoms with Gasteiger partial charge in [-0.1, -0.05) is 11.6 Å². The fourth-order valence-corrected chi connectivity index (χ4v) is 2.52. The first-order valence-electron chi connectivity index (χ1n) is 4.93. The summed E-state index contributed by atoms with van der Waals surface area (Å²) in [6.07, 6.45) is -0.0670. The number of halogens is 2. The molecule has 0 fully saturated rings. The minimum atomic E-state index is -0.888. The van der Waals surface area contributed by atoms with Crippen LogP contribution in [0.3, 0.4) is 0 Å². The summed E-state index contributed by atoms with van der Waals surface area (Å²) in [6, 6.07) is 5.42. The van der Waals surface area contributed by atoms with E-state index in [9.17, 15) is 4.79 Å². The van der Waals surface area contributed by atoms with Crippen molar-refractivity contribution in [2.75, 3.05) is 5.32 Å². The van der Waals surface area contributed by atoms with Gasteiger partial charge in [-0.25, -0.2) is 4.98 Å². The molecule has 0 unspecified atom stereocenters.